The van der Waals surface area contributed by atoms with E-state index < -0.39 is 10.0 Å². The lowest BCUT2D eigenvalue weighted by Gasteiger charge is -2.37. The summed E-state index contributed by atoms with van der Waals surface area (Å²) in [5, 5.41) is 0. The second-order valence-corrected chi connectivity index (χ2v) is 8.18. The van der Waals surface area contributed by atoms with Gasteiger partial charge in [-0.15, -0.1) is 6.58 Å². The molecule has 0 radical (unpaired) electrons. The minimum Gasteiger partial charge on any atom is -0.368 e. The first-order valence-corrected chi connectivity index (χ1v) is 9.27. The number of rotatable bonds is 5. The lowest BCUT2D eigenvalue weighted by Crippen LogP contribution is -2.50. The van der Waals surface area contributed by atoms with Crippen LogP contribution in [0.1, 0.15) is 31.2 Å². The fourth-order valence-electron chi connectivity index (χ4n) is 3.39. The number of benzene rings is 1. The highest BCUT2D eigenvalue weighted by atomic mass is 32.2. The van der Waals surface area contributed by atoms with E-state index >= 15 is 0 Å². The zero-order valence-corrected chi connectivity index (χ0v) is 13.8. The molecule has 0 amide bonds. The summed E-state index contributed by atoms with van der Waals surface area (Å²) in [6, 6.07) is 6.96. The zero-order valence-electron chi connectivity index (χ0n) is 13.0. The van der Waals surface area contributed by atoms with Crippen molar-refractivity contribution in [1.29, 1.82) is 0 Å². The maximum Gasteiger partial charge on any atom is 0.243 e. The van der Waals surface area contributed by atoms with Crippen molar-refractivity contribution in [2.24, 2.45) is 0 Å². The van der Waals surface area contributed by atoms with Crippen molar-refractivity contribution in [1.82, 2.24) is 4.31 Å². The van der Waals surface area contributed by atoms with Crippen LogP contribution in [0.2, 0.25) is 0 Å². The molecular weight excluding hydrogens is 298 g/mol. The van der Waals surface area contributed by atoms with Gasteiger partial charge in [-0.3, -0.25) is 0 Å². The summed E-state index contributed by atoms with van der Waals surface area (Å²) >= 11 is 0. The highest BCUT2D eigenvalue weighted by molar-refractivity contribution is 7.89. The highest BCUT2D eigenvalue weighted by Gasteiger charge is 2.56. The number of epoxide rings is 1. The molecule has 0 unspecified atom stereocenters. The Morgan fingerprint density at radius 3 is 2.64 bits per heavy atom. The molecule has 1 saturated heterocycles. The molecule has 1 aliphatic carbocycles. The van der Waals surface area contributed by atoms with Crippen LogP contribution in [0.3, 0.4) is 0 Å². The van der Waals surface area contributed by atoms with E-state index in [0.717, 1.165) is 31.2 Å². The van der Waals surface area contributed by atoms with Crippen LogP contribution in [0.25, 0.3) is 0 Å². The third-order valence-corrected chi connectivity index (χ3v) is 6.62. The summed E-state index contributed by atoms with van der Waals surface area (Å²) < 4.78 is 33.4. The highest BCUT2D eigenvalue weighted by Crippen LogP contribution is 2.45. The lowest BCUT2D eigenvalue weighted by atomic mass is 9.84. The Kier molecular flexibility index (Phi) is 4.14. The minimum absolute atomic E-state index is 0.0782. The molecule has 1 aromatic rings. The largest absolute Gasteiger partial charge is 0.368 e. The van der Waals surface area contributed by atoms with Gasteiger partial charge in [-0.2, -0.15) is 4.31 Å². The van der Waals surface area contributed by atoms with Crippen LogP contribution in [-0.4, -0.2) is 37.5 Å². The number of aryl methyl sites for hydroxylation is 1. The van der Waals surface area contributed by atoms with Gasteiger partial charge in [-0.1, -0.05) is 36.6 Å². The van der Waals surface area contributed by atoms with Crippen molar-refractivity contribution >= 4 is 10.0 Å². The van der Waals surface area contributed by atoms with E-state index in [4.69, 9.17) is 4.74 Å². The number of hydrogen-bond donors (Lipinski definition) is 0. The second kappa shape index (κ2) is 5.80. The summed E-state index contributed by atoms with van der Waals surface area (Å²) in [5.74, 6) is 0. The Hall–Kier alpha value is -1.17. The van der Waals surface area contributed by atoms with Crippen LogP contribution in [0.15, 0.2) is 41.8 Å². The Morgan fingerprint density at radius 2 is 2.05 bits per heavy atom. The topological polar surface area (TPSA) is 49.9 Å². The van der Waals surface area contributed by atoms with Crippen LogP contribution >= 0.6 is 0 Å². The van der Waals surface area contributed by atoms with E-state index in [9.17, 15) is 8.42 Å². The number of ether oxygens (including phenoxy) is 1. The van der Waals surface area contributed by atoms with Crippen LogP contribution < -0.4 is 0 Å². The van der Waals surface area contributed by atoms with E-state index in [1.54, 1.807) is 22.5 Å². The van der Waals surface area contributed by atoms with Gasteiger partial charge in [0.05, 0.1) is 17.5 Å². The molecule has 22 heavy (non-hydrogen) atoms. The normalized spacial score (nSPS) is 28.0. The van der Waals surface area contributed by atoms with Gasteiger partial charge in [0, 0.05) is 6.54 Å². The monoisotopic (exact) mass is 321 g/mol. The number of hydrogen-bond acceptors (Lipinski definition) is 3. The third kappa shape index (κ3) is 2.73. The molecule has 0 aromatic heterocycles. The van der Waals surface area contributed by atoms with Gasteiger partial charge in [0.2, 0.25) is 10.0 Å². The Labute approximate surface area is 132 Å². The lowest BCUT2D eigenvalue weighted by molar-refractivity contribution is 0.133. The molecule has 1 heterocycles. The Morgan fingerprint density at radius 1 is 1.36 bits per heavy atom. The van der Waals surface area contributed by atoms with Gasteiger partial charge in [0.25, 0.3) is 0 Å². The molecule has 0 bridgehead atoms. The molecule has 5 heteroatoms. The first-order valence-electron chi connectivity index (χ1n) is 7.83. The van der Waals surface area contributed by atoms with Crippen molar-refractivity contribution in [2.75, 3.05) is 13.2 Å². The van der Waals surface area contributed by atoms with Gasteiger partial charge >= 0.3 is 0 Å². The van der Waals surface area contributed by atoms with E-state index in [0.29, 0.717) is 18.0 Å². The molecule has 0 N–H and O–H groups in total. The maximum absolute atomic E-state index is 13.1. The fraction of sp³-hybridized carbons (Fsp3) is 0.529. The minimum atomic E-state index is -3.53. The van der Waals surface area contributed by atoms with Crippen LogP contribution in [0, 0.1) is 6.92 Å². The molecule has 1 aromatic carbocycles. The molecule has 2 fully saturated rings. The molecule has 1 aliphatic heterocycles. The van der Waals surface area contributed by atoms with Crippen LogP contribution in [-0.2, 0) is 14.8 Å². The quantitative estimate of drug-likeness (QED) is 0.619. The van der Waals surface area contributed by atoms with E-state index in [1.165, 1.54) is 0 Å². The predicted molar refractivity (Wildman–Crippen MR) is 86.2 cm³/mol. The average Bonchev–Trinajstić information content (AvgIpc) is 3.26. The van der Waals surface area contributed by atoms with Crippen molar-refractivity contribution in [3.05, 3.63) is 42.5 Å². The standard InChI is InChI=1S/C17H23NO3S/c1-3-12-18(16-6-4-5-11-17(16)13-21-17)22(19,20)15-9-7-14(2)8-10-15/h3,7-10,16H,1,4-6,11-13H2,2H3/t16-,17+/m1/s1. The predicted octanol–water partition coefficient (Wildman–Crippen LogP) is 2.88. The average molecular weight is 321 g/mol. The molecule has 120 valence electrons. The van der Waals surface area contributed by atoms with Gasteiger partial charge in [-0.25, -0.2) is 8.42 Å². The fourth-order valence-corrected chi connectivity index (χ4v) is 5.08. The van der Waals surface area contributed by atoms with Crippen molar-refractivity contribution in [3.8, 4) is 0 Å². The molecule has 2 aliphatic rings. The van der Waals surface area contributed by atoms with Gasteiger partial charge in [-0.05, 0) is 31.9 Å². The smallest absolute Gasteiger partial charge is 0.243 e. The summed E-state index contributed by atoms with van der Waals surface area (Å²) in [7, 11) is -3.53. The Bertz CT molecular complexity index is 647. The first kappa shape index (κ1) is 15.7. The number of nitrogens with zero attached hydrogens (tertiary/aromatic N) is 1. The van der Waals surface area contributed by atoms with Gasteiger partial charge < -0.3 is 4.74 Å². The molecule has 2 atom stereocenters. The first-order chi connectivity index (χ1) is 10.5. The van der Waals surface area contributed by atoms with Crippen molar-refractivity contribution in [2.45, 2.75) is 49.1 Å². The van der Waals surface area contributed by atoms with Gasteiger partial charge in [0.15, 0.2) is 0 Å². The maximum atomic E-state index is 13.1. The molecule has 1 spiro atoms. The van der Waals surface area contributed by atoms with Crippen LogP contribution in [0.5, 0.6) is 0 Å². The molecule has 1 saturated carbocycles. The zero-order chi connectivity index (χ0) is 15.8. The van der Waals surface area contributed by atoms with E-state index in [1.807, 2.05) is 19.1 Å². The summed E-state index contributed by atoms with van der Waals surface area (Å²) in [6.45, 7) is 6.69. The Balaban J connectivity index is 1.96. The van der Waals surface area contributed by atoms with Crippen molar-refractivity contribution in [3.63, 3.8) is 0 Å². The number of sulfonamides is 1. The van der Waals surface area contributed by atoms with Crippen molar-refractivity contribution < 1.29 is 13.2 Å². The second-order valence-electron chi connectivity index (χ2n) is 6.29. The SMILES string of the molecule is C=CCN([C@@H]1CCCC[C@]12CO2)S(=O)(=O)c1ccc(C)cc1. The summed E-state index contributed by atoms with van der Waals surface area (Å²) in [4.78, 5) is 0.348. The summed E-state index contributed by atoms with van der Waals surface area (Å²) in [6.07, 6.45) is 5.64. The van der Waals surface area contributed by atoms with E-state index in [2.05, 4.69) is 6.58 Å². The van der Waals surface area contributed by atoms with Crippen LogP contribution in [0.4, 0.5) is 0 Å². The molecule has 4 nitrogen and oxygen atoms in total. The van der Waals surface area contributed by atoms with Gasteiger partial charge in [0.1, 0.15) is 5.60 Å². The third-order valence-electron chi connectivity index (χ3n) is 4.73. The van der Waals surface area contributed by atoms with E-state index in [-0.39, 0.29) is 11.6 Å². The summed E-state index contributed by atoms with van der Waals surface area (Å²) in [5.41, 5.74) is 0.799. The molecular formula is C17H23NO3S. The molecule has 3 rings (SSSR count).